The average Bonchev–Trinajstić information content (AvgIpc) is 2.46. The minimum Gasteiger partial charge on any atom is -0.493 e. The highest BCUT2D eigenvalue weighted by atomic mass is 16.5. The summed E-state index contributed by atoms with van der Waals surface area (Å²) in [5, 5.41) is 12.1. The number of nitriles is 1. The molecule has 0 amide bonds. The molecular formula is C15H17N3O2. The van der Waals surface area contributed by atoms with Gasteiger partial charge in [0.1, 0.15) is 5.84 Å². The molecule has 0 radical (unpaired) electrons. The molecule has 0 saturated carbocycles. The van der Waals surface area contributed by atoms with Crippen molar-refractivity contribution in [2.75, 3.05) is 14.2 Å². The van der Waals surface area contributed by atoms with E-state index in [4.69, 9.17) is 14.7 Å². The fourth-order valence-corrected chi connectivity index (χ4v) is 2.11. The van der Waals surface area contributed by atoms with Gasteiger partial charge in [-0.25, -0.2) is 4.99 Å². The van der Waals surface area contributed by atoms with E-state index in [1.54, 1.807) is 14.2 Å². The zero-order valence-electron chi connectivity index (χ0n) is 11.9. The molecule has 0 unspecified atom stereocenters. The van der Waals surface area contributed by atoms with Gasteiger partial charge in [0.2, 0.25) is 0 Å². The van der Waals surface area contributed by atoms with Crippen molar-refractivity contribution in [3.05, 3.63) is 23.8 Å². The second-order valence-corrected chi connectivity index (χ2v) is 4.34. The molecule has 0 fully saturated rings. The number of amidine groups is 1. The highest BCUT2D eigenvalue weighted by Crippen LogP contribution is 2.39. The van der Waals surface area contributed by atoms with Crippen LogP contribution >= 0.6 is 0 Å². The third-order valence-electron chi connectivity index (χ3n) is 3.02. The molecule has 104 valence electrons. The molecule has 1 aliphatic heterocycles. The second-order valence-electron chi connectivity index (χ2n) is 4.34. The summed E-state index contributed by atoms with van der Waals surface area (Å²) < 4.78 is 10.6. The summed E-state index contributed by atoms with van der Waals surface area (Å²) in [6.45, 7) is 2.09. The maximum absolute atomic E-state index is 8.93. The van der Waals surface area contributed by atoms with Crippen molar-refractivity contribution in [2.45, 2.75) is 19.8 Å². The van der Waals surface area contributed by atoms with Crippen LogP contribution in [0.25, 0.3) is 5.70 Å². The Hall–Kier alpha value is -2.48. The fourth-order valence-electron chi connectivity index (χ4n) is 2.11. The summed E-state index contributed by atoms with van der Waals surface area (Å²) >= 11 is 0. The van der Waals surface area contributed by atoms with Gasteiger partial charge in [0, 0.05) is 24.1 Å². The van der Waals surface area contributed by atoms with Crippen LogP contribution in [-0.4, -0.2) is 20.1 Å². The molecule has 5 heteroatoms. The lowest BCUT2D eigenvalue weighted by Gasteiger charge is -2.21. The molecule has 2 rings (SSSR count). The number of methoxy groups -OCH3 is 2. The number of fused-ring (bicyclic) bond motifs is 1. The number of allylic oxidation sites excluding steroid dienone is 1. The van der Waals surface area contributed by atoms with Gasteiger partial charge in [-0.3, -0.25) is 0 Å². The van der Waals surface area contributed by atoms with Crippen LogP contribution < -0.4 is 14.8 Å². The molecule has 0 aliphatic carbocycles. The van der Waals surface area contributed by atoms with Gasteiger partial charge in [-0.05, 0) is 12.5 Å². The lowest BCUT2D eigenvalue weighted by molar-refractivity contribution is 0.355. The molecule has 1 heterocycles. The average molecular weight is 271 g/mol. The van der Waals surface area contributed by atoms with E-state index < -0.39 is 0 Å². The summed E-state index contributed by atoms with van der Waals surface area (Å²) in [5.74, 6) is 2.10. The van der Waals surface area contributed by atoms with E-state index in [1.807, 2.05) is 12.1 Å². The maximum atomic E-state index is 8.93. The number of rotatable bonds is 4. The van der Waals surface area contributed by atoms with Crippen molar-refractivity contribution in [3.8, 4) is 17.6 Å². The normalized spacial score (nSPS) is 14.9. The van der Waals surface area contributed by atoms with Crippen molar-refractivity contribution >= 4 is 17.2 Å². The number of hydrogen-bond acceptors (Lipinski definition) is 5. The molecular weight excluding hydrogens is 254 g/mol. The van der Waals surface area contributed by atoms with E-state index in [0.717, 1.165) is 35.6 Å². The van der Waals surface area contributed by atoms with E-state index in [2.05, 4.69) is 23.3 Å². The van der Waals surface area contributed by atoms with Crippen molar-refractivity contribution in [1.82, 2.24) is 5.32 Å². The number of aliphatic imine (C=N–C) groups is 1. The van der Waals surface area contributed by atoms with Gasteiger partial charge < -0.3 is 14.8 Å². The monoisotopic (exact) mass is 271 g/mol. The van der Waals surface area contributed by atoms with E-state index in [9.17, 15) is 0 Å². The number of nitrogens with one attached hydrogen (secondary N) is 1. The van der Waals surface area contributed by atoms with E-state index in [0.29, 0.717) is 11.5 Å². The number of ether oxygens (including phenoxy) is 2. The van der Waals surface area contributed by atoms with Gasteiger partial charge in [0.05, 0.1) is 31.7 Å². The summed E-state index contributed by atoms with van der Waals surface area (Å²) in [6.07, 6.45) is 3.29. The summed E-state index contributed by atoms with van der Waals surface area (Å²) in [4.78, 5) is 4.57. The zero-order chi connectivity index (χ0) is 14.5. The highest BCUT2D eigenvalue weighted by molar-refractivity contribution is 5.99. The van der Waals surface area contributed by atoms with Crippen LogP contribution in [0.5, 0.6) is 11.5 Å². The largest absolute Gasteiger partial charge is 0.493 e. The van der Waals surface area contributed by atoms with E-state index in [1.165, 1.54) is 6.08 Å². The van der Waals surface area contributed by atoms with Crippen molar-refractivity contribution < 1.29 is 9.47 Å². The Morgan fingerprint density at radius 2 is 2.00 bits per heavy atom. The molecule has 0 atom stereocenters. The van der Waals surface area contributed by atoms with Crippen LogP contribution in [0.3, 0.4) is 0 Å². The van der Waals surface area contributed by atoms with E-state index >= 15 is 0 Å². The molecule has 0 bridgehead atoms. The van der Waals surface area contributed by atoms with Gasteiger partial charge in [-0.1, -0.05) is 6.92 Å². The first-order chi connectivity index (χ1) is 9.73. The Bertz CT molecular complexity index is 612. The van der Waals surface area contributed by atoms with Crippen LogP contribution in [0.2, 0.25) is 0 Å². The van der Waals surface area contributed by atoms with Crippen molar-refractivity contribution in [3.63, 3.8) is 0 Å². The topological polar surface area (TPSA) is 66.6 Å². The van der Waals surface area contributed by atoms with Crippen LogP contribution in [0.15, 0.2) is 23.2 Å². The molecule has 0 aromatic heterocycles. The Kier molecular flexibility index (Phi) is 4.26. The molecule has 1 N–H and O–H groups in total. The molecule has 1 aromatic carbocycles. The summed E-state index contributed by atoms with van der Waals surface area (Å²) in [5.41, 5.74) is 2.36. The third-order valence-corrected chi connectivity index (χ3v) is 3.02. The molecule has 0 saturated heterocycles. The van der Waals surface area contributed by atoms with Gasteiger partial charge in [0.15, 0.2) is 11.5 Å². The molecule has 5 nitrogen and oxygen atoms in total. The first kappa shape index (κ1) is 13.9. The van der Waals surface area contributed by atoms with Crippen LogP contribution in [0.1, 0.15) is 25.3 Å². The molecule has 0 spiro atoms. The van der Waals surface area contributed by atoms with Crippen molar-refractivity contribution in [2.24, 2.45) is 4.99 Å². The number of benzene rings is 1. The van der Waals surface area contributed by atoms with Crippen LogP contribution in [0, 0.1) is 11.3 Å². The Morgan fingerprint density at radius 3 is 2.60 bits per heavy atom. The number of nitrogens with zero attached hydrogens (tertiary/aromatic N) is 2. The molecule has 1 aliphatic rings. The van der Waals surface area contributed by atoms with Crippen molar-refractivity contribution in [1.29, 1.82) is 5.26 Å². The van der Waals surface area contributed by atoms with Gasteiger partial charge in [-0.2, -0.15) is 5.26 Å². The minimum absolute atomic E-state index is 0.617. The lowest BCUT2D eigenvalue weighted by atomic mass is 10.1. The Balaban J connectivity index is 2.58. The molecule has 1 aromatic rings. The second kappa shape index (κ2) is 6.11. The van der Waals surface area contributed by atoms with Gasteiger partial charge >= 0.3 is 0 Å². The lowest BCUT2D eigenvalue weighted by Crippen LogP contribution is -2.24. The third kappa shape index (κ3) is 2.59. The zero-order valence-corrected chi connectivity index (χ0v) is 11.9. The summed E-state index contributed by atoms with van der Waals surface area (Å²) in [7, 11) is 3.17. The van der Waals surface area contributed by atoms with Crippen LogP contribution in [0.4, 0.5) is 5.69 Å². The standard InChI is InChI=1S/C15H17N3O2/c1-4-5-15-17-11(6-7-16)10-8-13(19-2)14(20-3)9-12(10)18-15/h6,8-9H,4-5H2,1-3H3,(H,17,18)/b11-6-. The van der Waals surface area contributed by atoms with E-state index in [-0.39, 0.29) is 0 Å². The maximum Gasteiger partial charge on any atom is 0.162 e. The van der Waals surface area contributed by atoms with Crippen LogP contribution in [-0.2, 0) is 0 Å². The predicted octanol–water partition coefficient (Wildman–Crippen LogP) is 3.00. The van der Waals surface area contributed by atoms with Gasteiger partial charge in [0.25, 0.3) is 0 Å². The molecule has 20 heavy (non-hydrogen) atoms. The quantitative estimate of drug-likeness (QED) is 0.855. The first-order valence-corrected chi connectivity index (χ1v) is 6.44. The fraction of sp³-hybridized carbons (Fsp3) is 0.333. The summed E-state index contributed by atoms with van der Waals surface area (Å²) in [6, 6.07) is 5.71. The Morgan fingerprint density at radius 1 is 1.30 bits per heavy atom. The smallest absolute Gasteiger partial charge is 0.162 e. The number of hydrogen-bond donors (Lipinski definition) is 1. The van der Waals surface area contributed by atoms with Gasteiger partial charge in [-0.15, -0.1) is 0 Å². The highest BCUT2D eigenvalue weighted by Gasteiger charge is 2.19. The first-order valence-electron chi connectivity index (χ1n) is 6.44. The minimum atomic E-state index is 0.617. The Labute approximate surface area is 118 Å². The predicted molar refractivity (Wildman–Crippen MR) is 78.3 cm³/mol. The SMILES string of the molecule is CCCC1=Nc2cc(OC)c(OC)cc2/C(=C/C#N)N1.